The number of hydrogen-bond acceptors (Lipinski definition) is 5. The third-order valence-corrected chi connectivity index (χ3v) is 7.31. The summed E-state index contributed by atoms with van der Waals surface area (Å²) < 4.78 is 11.9. The van der Waals surface area contributed by atoms with E-state index in [2.05, 4.69) is 54.9 Å². The lowest BCUT2D eigenvalue weighted by molar-refractivity contribution is -0.141. The van der Waals surface area contributed by atoms with Crippen LogP contribution in [-0.2, 0) is 24.2 Å². The summed E-state index contributed by atoms with van der Waals surface area (Å²) in [6.07, 6.45) is 4.07. The van der Waals surface area contributed by atoms with Gasteiger partial charge in [0.15, 0.2) is 0 Å². The van der Waals surface area contributed by atoms with Crippen molar-refractivity contribution in [1.29, 1.82) is 0 Å². The van der Waals surface area contributed by atoms with Crippen LogP contribution in [-0.4, -0.2) is 40.7 Å². The van der Waals surface area contributed by atoms with Gasteiger partial charge in [-0.1, -0.05) is 44.2 Å². The van der Waals surface area contributed by atoms with E-state index in [9.17, 15) is 9.90 Å². The normalized spacial score (nSPS) is 15.8. The van der Waals surface area contributed by atoms with Crippen molar-refractivity contribution in [3.05, 3.63) is 77.0 Å². The molecule has 6 nitrogen and oxygen atoms in total. The molecule has 37 heavy (non-hydrogen) atoms. The van der Waals surface area contributed by atoms with Crippen LogP contribution >= 0.6 is 0 Å². The van der Waals surface area contributed by atoms with Crippen LogP contribution in [0.5, 0.6) is 11.6 Å². The number of methoxy groups -OCH3 is 1. The second-order valence-corrected chi connectivity index (χ2v) is 10.2. The fourth-order valence-corrected chi connectivity index (χ4v) is 5.01. The summed E-state index contributed by atoms with van der Waals surface area (Å²) in [4.78, 5) is 18.1. The number of rotatable bonds is 10. The maximum absolute atomic E-state index is 11.3. The lowest BCUT2D eigenvalue weighted by atomic mass is 9.91. The summed E-state index contributed by atoms with van der Waals surface area (Å²) in [5, 5.41) is 9.30. The van der Waals surface area contributed by atoms with Crippen LogP contribution in [0.4, 0.5) is 0 Å². The summed E-state index contributed by atoms with van der Waals surface area (Å²) in [5.74, 6) is 0.262. The second kappa shape index (κ2) is 11.8. The number of carboxylic acid groups (broad SMARTS) is 1. The molecule has 0 bridgehead atoms. The van der Waals surface area contributed by atoms with Crippen LogP contribution in [0.15, 0.2) is 54.7 Å². The van der Waals surface area contributed by atoms with Gasteiger partial charge in [0.2, 0.25) is 5.88 Å². The molecule has 196 valence electrons. The van der Waals surface area contributed by atoms with E-state index >= 15 is 0 Å². The number of nitrogens with zero attached hydrogens (tertiary/aromatic N) is 2. The molecule has 1 aliphatic heterocycles. The summed E-state index contributed by atoms with van der Waals surface area (Å²) in [5.41, 5.74) is 6.84. The van der Waals surface area contributed by atoms with Crippen molar-refractivity contribution in [3.63, 3.8) is 0 Å². The summed E-state index contributed by atoms with van der Waals surface area (Å²) in [6.45, 7) is 10.2. The Labute approximate surface area is 220 Å². The Morgan fingerprint density at radius 2 is 1.97 bits per heavy atom. The van der Waals surface area contributed by atoms with Crippen molar-refractivity contribution < 1.29 is 19.4 Å². The Balaban J connectivity index is 1.65. The SMILES string of the molecule is CCN(Cc1cc(C2CCc3ccc(CC(C)C(=O)O)cc3O2)ccc1-c1ccnc(OC)c1)C(C)C. The van der Waals surface area contributed by atoms with Crippen LogP contribution in [0.2, 0.25) is 0 Å². The lowest BCUT2D eigenvalue weighted by Gasteiger charge is -2.29. The minimum absolute atomic E-state index is 0.0476. The molecular weight excluding hydrogens is 464 g/mol. The number of carboxylic acids is 1. The predicted octanol–water partition coefficient (Wildman–Crippen LogP) is 6.32. The van der Waals surface area contributed by atoms with Crippen LogP contribution < -0.4 is 9.47 Å². The van der Waals surface area contributed by atoms with Crippen LogP contribution in [0.1, 0.15) is 62.5 Å². The molecule has 3 aromatic rings. The molecule has 2 atom stereocenters. The highest BCUT2D eigenvalue weighted by molar-refractivity contribution is 5.70. The van der Waals surface area contributed by atoms with Gasteiger partial charge in [0, 0.05) is 24.8 Å². The maximum Gasteiger partial charge on any atom is 0.306 e. The second-order valence-electron chi connectivity index (χ2n) is 10.2. The monoisotopic (exact) mass is 502 g/mol. The molecule has 4 rings (SSSR count). The molecule has 1 aromatic heterocycles. The van der Waals surface area contributed by atoms with E-state index in [4.69, 9.17) is 9.47 Å². The Morgan fingerprint density at radius 1 is 1.16 bits per heavy atom. The summed E-state index contributed by atoms with van der Waals surface area (Å²) in [6, 6.07) is 17.2. The van der Waals surface area contributed by atoms with Crippen LogP contribution in [0.25, 0.3) is 11.1 Å². The minimum Gasteiger partial charge on any atom is -0.485 e. The van der Waals surface area contributed by atoms with Gasteiger partial charge in [0.1, 0.15) is 11.9 Å². The van der Waals surface area contributed by atoms with Gasteiger partial charge < -0.3 is 14.6 Å². The number of fused-ring (bicyclic) bond motifs is 1. The zero-order valence-electron chi connectivity index (χ0n) is 22.5. The fourth-order valence-electron chi connectivity index (χ4n) is 5.01. The summed E-state index contributed by atoms with van der Waals surface area (Å²) >= 11 is 0. The fraction of sp³-hybridized carbons (Fsp3) is 0.419. The molecule has 0 saturated carbocycles. The first-order valence-corrected chi connectivity index (χ1v) is 13.2. The van der Waals surface area contributed by atoms with E-state index in [1.807, 2.05) is 24.3 Å². The maximum atomic E-state index is 11.3. The van der Waals surface area contributed by atoms with E-state index in [-0.39, 0.29) is 6.10 Å². The van der Waals surface area contributed by atoms with Crippen molar-refractivity contribution in [2.45, 2.75) is 65.6 Å². The molecule has 1 N–H and O–H groups in total. The van der Waals surface area contributed by atoms with E-state index in [1.165, 1.54) is 16.7 Å². The first-order valence-electron chi connectivity index (χ1n) is 13.2. The molecule has 2 heterocycles. The Bertz CT molecular complexity index is 1240. The Hall–Kier alpha value is -3.38. The molecular formula is C31H38N2O4. The number of hydrogen-bond donors (Lipinski definition) is 1. The van der Waals surface area contributed by atoms with Crippen LogP contribution in [0.3, 0.4) is 0 Å². The first-order chi connectivity index (χ1) is 17.8. The number of ether oxygens (including phenoxy) is 2. The van der Waals surface area contributed by atoms with Gasteiger partial charge in [0.25, 0.3) is 0 Å². The van der Waals surface area contributed by atoms with Crippen molar-refractivity contribution in [2.24, 2.45) is 5.92 Å². The first kappa shape index (κ1) is 26.7. The van der Waals surface area contributed by atoms with Crippen molar-refractivity contribution >= 4 is 5.97 Å². The molecule has 0 amide bonds. The Kier molecular flexibility index (Phi) is 8.49. The molecule has 0 saturated heterocycles. The number of benzene rings is 2. The van der Waals surface area contributed by atoms with Gasteiger partial charge in [-0.05, 0) is 85.2 Å². The average Bonchev–Trinajstić information content (AvgIpc) is 2.90. The van der Waals surface area contributed by atoms with Gasteiger partial charge in [-0.3, -0.25) is 9.69 Å². The number of aromatic nitrogens is 1. The number of aryl methyl sites for hydroxylation is 1. The number of carbonyl (C=O) groups is 1. The smallest absolute Gasteiger partial charge is 0.306 e. The molecule has 0 aliphatic carbocycles. The van der Waals surface area contributed by atoms with E-state index in [0.29, 0.717) is 18.3 Å². The standard InChI is InChI=1S/C31H38N2O4/c1-6-33(20(2)3)19-26-17-25(9-11-27(26)24-13-14-32-30(18-24)36-5)28-12-10-23-8-7-22(16-29(23)37-28)15-21(4)31(34)35/h7-9,11,13-14,16-18,20-21,28H,6,10,12,15,19H2,1-5H3,(H,34,35). The summed E-state index contributed by atoms with van der Waals surface area (Å²) in [7, 11) is 1.64. The quantitative estimate of drug-likeness (QED) is 0.350. The van der Waals surface area contributed by atoms with E-state index in [1.54, 1.807) is 20.2 Å². The highest BCUT2D eigenvalue weighted by Crippen LogP contribution is 2.38. The zero-order chi connectivity index (χ0) is 26.5. The number of aliphatic carboxylic acids is 1. The van der Waals surface area contributed by atoms with Crippen LogP contribution in [0, 0.1) is 5.92 Å². The number of pyridine rings is 1. The van der Waals surface area contributed by atoms with Crippen molar-refractivity contribution in [3.8, 4) is 22.8 Å². The van der Waals surface area contributed by atoms with Crippen molar-refractivity contribution in [2.75, 3.05) is 13.7 Å². The van der Waals surface area contributed by atoms with Crippen molar-refractivity contribution in [1.82, 2.24) is 9.88 Å². The average molecular weight is 503 g/mol. The lowest BCUT2D eigenvalue weighted by Crippen LogP contribution is -2.30. The third kappa shape index (κ3) is 6.31. The van der Waals surface area contributed by atoms with Gasteiger partial charge in [-0.2, -0.15) is 0 Å². The van der Waals surface area contributed by atoms with Gasteiger partial charge in [-0.25, -0.2) is 4.98 Å². The predicted molar refractivity (Wildman–Crippen MR) is 146 cm³/mol. The molecule has 2 aromatic carbocycles. The molecule has 0 spiro atoms. The molecule has 2 unspecified atom stereocenters. The highest BCUT2D eigenvalue weighted by Gasteiger charge is 2.24. The third-order valence-electron chi connectivity index (χ3n) is 7.31. The highest BCUT2D eigenvalue weighted by atomic mass is 16.5. The van der Waals surface area contributed by atoms with Gasteiger partial charge in [-0.15, -0.1) is 0 Å². The Morgan fingerprint density at radius 3 is 2.68 bits per heavy atom. The molecule has 1 aliphatic rings. The molecule has 0 radical (unpaired) electrons. The van der Waals surface area contributed by atoms with Gasteiger partial charge in [0.05, 0.1) is 13.0 Å². The molecule has 0 fully saturated rings. The largest absolute Gasteiger partial charge is 0.485 e. The van der Waals surface area contributed by atoms with E-state index in [0.717, 1.165) is 48.4 Å². The molecule has 6 heteroatoms. The topological polar surface area (TPSA) is 71.9 Å². The van der Waals surface area contributed by atoms with Gasteiger partial charge >= 0.3 is 5.97 Å². The zero-order valence-corrected chi connectivity index (χ0v) is 22.5. The minimum atomic E-state index is -0.779. The van der Waals surface area contributed by atoms with E-state index < -0.39 is 11.9 Å².